The molecule has 0 aliphatic heterocycles. The number of aliphatic hydroxyl groups excluding tert-OH is 1. The van der Waals surface area contributed by atoms with Gasteiger partial charge in [0.15, 0.2) is 5.60 Å². The number of alkyl halides is 3. The number of benzene rings is 3. The van der Waals surface area contributed by atoms with Gasteiger partial charge in [0.05, 0.1) is 17.2 Å². The van der Waals surface area contributed by atoms with E-state index in [9.17, 15) is 42.9 Å². The van der Waals surface area contributed by atoms with Crippen LogP contribution in [0.25, 0.3) is 16.9 Å². The molecule has 1 saturated carbocycles. The molecule has 0 spiro atoms. The number of rotatable bonds is 6. The predicted octanol–water partition coefficient (Wildman–Crippen LogP) is 4.31. The lowest BCUT2D eigenvalue weighted by atomic mass is 9.57. The number of aromatic hydroxyl groups is 1. The summed E-state index contributed by atoms with van der Waals surface area (Å²) < 4.78 is 45.8. The molecule has 3 aliphatic rings. The van der Waals surface area contributed by atoms with Crippen molar-refractivity contribution >= 4 is 23.2 Å². The second kappa shape index (κ2) is 11.4. The molecule has 3 aromatic carbocycles. The van der Waals surface area contributed by atoms with Crippen molar-refractivity contribution in [1.29, 1.82) is 0 Å². The van der Waals surface area contributed by atoms with Crippen LogP contribution in [0.15, 0.2) is 83.6 Å². The molecular formula is C35H31F3N2O7. The number of fused-ring (bicyclic) bond motifs is 3. The molecule has 47 heavy (non-hydrogen) atoms. The van der Waals surface area contributed by atoms with Crippen molar-refractivity contribution in [3.8, 4) is 16.9 Å². The molecule has 0 saturated heterocycles. The van der Waals surface area contributed by atoms with E-state index in [1.807, 2.05) is 6.07 Å². The first-order chi connectivity index (χ1) is 22.2. The first-order valence-corrected chi connectivity index (χ1v) is 14.8. The second-order valence-corrected chi connectivity index (χ2v) is 12.3. The zero-order valence-electron chi connectivity index (χ0n) is 25.3. The van der Waals surface area contributed by atoms with Crippen molar-refractivity contribution < 1.29 is 47.6 Å². The molecule has 6 rings (SSSR count). The van der Waals surface area contributed by atoms with Crippen LogP contribution in [0.4, 0.5) is 13.2 Å². The van der Waals surface area contributed by atoms with Crippen molar-refractivity contribution in [2.45, 2.75) is 37.3 Å². The van der Waals surface area contributed by atoms with Gasteiger partial charge in [-0.25, -0.2) is 0 Å². The third kappa shape index (κ3) is 5.08. The zero-order chi connectivity index (χ0) is 34.0. The quantitative estimate of drug-likeness (QED) is 0.228. The molecular weight excluding hydrogens is 617 g/mol. The lowest BCUT2D eigenvalue weighted by molar-refractivity contribution is -0.162. The Kier molecular flexibility index (Phi) is 7.76. The standard InChI is InChI=1S/C35H31F3N2O7/c1-40(2)28-23-15-19-14-22-21(18-8-10-20(11-9-18)35(36,37)38)12-13-24(41)26(22)29(42)25(19)31(43)34(23,46)32(44)27(33(39)45)30(28)47-16-17-6-4-3-5-7-17/h3-13,19,23,28,41-42,46H,14-16H2,1-2H3,(H2,39,45)/t19-,23-,28+,34-/m0/s1. The highest BCUT2D eigenvalue weighted by atomic mass is 19.4. The summed E-state index contributed by atoms with van der Waals surface area (Å²) in [6.07, 6.45) is -4.55. The van der Waals surface area contributed by atoms with Crippen LogP contribution >= 0.6 is 0 Å². The number of aliphatic hydroxyl groups is 2. The summed E-state index contributed by atoms with van der Waals surface area (Å²) in [5, 5.41) is 34.4. The van der Waals surface area contributed by atoms with Gasteiger partial charge < -0.3 is 25.8 Å². The number of nitrogens with two attached hydrogens (primary N) is 1. The molecule has 3 aromatic rings. The number of halogens is 3. The van der Waals surface area contributed by atoms with Crippen LogP contribution in [0, 0.1) is 11.8 Å². The van der Waals surface area contributed by atoms with Crippen molar-refractivity contribution in [2.75, 3.05) is 14.1 Å². The van der Waals surface area contributed by atoms with Gasteiger partial charge in [0, 0.05) is 11.5 Å². The van der Waals surface area contributed by atoms with E-state index in [1.54, 1.807) is 43.3 Å². The van der Waals surface area contributed by atoms with Gasteiger partial charge in [-0.1, -0.05) is 48.5 Å². The summed E-state index contributed by atoms with van der Waals surface area (Å²) in [7, 11) is 3.27. The maximum Gasteiger partial charge on any atom is 0.416 e. The molecule has 0 heterocycles. The number of hydrogen-bond acceptors (Lipinski definition) is 8. The number of amides is 1. The molecule has 1 amide bonds. The van der Waals surface area contributed by atoms with E-state index < -0.39 is 69.8 Å². The average molecular weight is 649 g/mol. The van der Waals surface area contributed by atoms with E-state index in [0.29, 0.717) is 16.7 Å². The fourth-order valence-corrected chi connectivity index (χ4v) is 7.22. The summed E-state index contributed by atoms with van der Waals surface area (Å²) >= 11 is 0. The number of ether oxygens (including phenoxy) is 1. The molecule has 0 aromatic heterocycles. The van der Waals surface area contributed by atoms with Crippen LogP contribution in [0.3, 0.4) is 0 Å². The maximum atomic E-state index is 14.3. The monoisotopic (exact) mass is 648 g/mol. The third-order valence-corrected chi connectivity index (χ3v) is 9.34. The third-order valence-electron chi connectivity index (χ3n) is 9.34. The number of primary amides is 1. The SMILES string of the molecule is CN(C)[C@H]1C(OCc2ccccc2)=C(C(N)=O)C(=O)[C@@]2(O)C(=O)C3=C(O)c4c(O)ccc(-c5ccc(C(F)(F)F)cc5)c4C[C@H]3C[C@@H]12. The van der Waals surface area contributed by atoms with E-state index in [0.717, 1.165) is 17.7 Å². The summed E-state index contributed by atoms with van der Waals surface area (Å²) in [6.45, 7) is -0.0395. The second-order valence-electron chi connectivity index (χ2n) is 12.3. The minimum Gasteiger partial charge on any atom is -0.507 e. The van der Waals surface area contributed by atoms with Crippen LogP contribution < -0.4 is 5.73 Å². The summed E-state index contributed by atoms with van der Waals surface area (Å²) in [5.74, 6) is -6.65. The summed E-state index contributed by atoms with van der Waals surface area (Å²) in [6, 6.07) is 15.1. The Hall–Kier alpha value is -4.94. The van der Waals surface area contributed by atoms with Crippen LogP contribution in [-0.2, 0) is 38.3 Å². The van der Waals surface area contributed by atoms with Gasteiger partial charge in [-0.2, -0.15) is 13.2 Å². The lowest BCUT2D eigenvalue weighted by Gasteiger charge is -2.50. The van der Waals surface area contributed by atoms with E-state index in [4.69, 9.17) is 10.5 Å². The Balaban J connectivity index is 1.47. The van der Waals surface area contributed by atoms with Crippen LogP contribution in [0.5, 0.6) is 5.75 Å². The number of likely N-dealkylation sites (N-methyl/N-ethyl adjacent to an activating group) is 1. The highest BCUT2D eigenvalue weighted by molar-refractivity contribution is 6.33. The number of phenolic OH excluding ortho intramolecular Hbond substituents is 1. The molecule has 1 fully saturated rings. The Bertz CT molecular complexity index is 1870. The van der Waals surface area contributed by atoms with Crippen molar-refractivity contribution in [3.63, 3.8) is 0 Å². The molecule has 0 unspecified atom stereocenters. The minimum atomic E-state index is -4.55. The van der Waals surface area contributed by atoms with Gasteiger partial charge in [0.2, 0.25) is 11.6 Å². The lowest BCUT2D eigenvalue weighted by Crippen LogP contribution is -2.67. The fraction of sp³-hybridized carbons (Fsp3) is 0.286. The maximum absolute atomic E-state index is 14.3. The Morgan fingerprint density at radius 2 is 1.66 bits per heavy atom. The van der Waals surface area contributed by atoms with Crippen molar-refractivity contribution in [1.82, 2.24) is 4.90 Å². The number of phenols is 1. The Labute approximate surface area is 267 Å². The average Bonchev–Trinajstić information content (AvgIpc) is 3.01. The van der Waals surface area contributed by atoms with Crippen molar-refractivity contribution in [3.05, 3.63) is 106 Å². The number of hydrogen-bond donors (Lipinski definition) is 4. The Morgan fingerprint density at radius 1 is 1.00 bits per heavy atom. The molecule has 4 atom stereocenters. The number of carbonyl (C=O) groups excluding carboxylic acids is 3. The molecule has 12 heteroatoms. The fourth-order valence-electron chi connectivity index (χ4n) is 7.22. The number of carbonyl (C=O) groups is 3. The van der Waals surface area contributed by atoms with E-state index in [1.165, 1.54) is 24.3 Å². The first-order valence-electron chi connectivity index (χ1n) is 14.8. The summed E-state index contributed by atoms with van der Waals surface area (Å²) in [4.78, 5) is 42.6. The number of Topliss-reactive ketones (excluding diaryl/α,β-unsaturated/α-hetero) is 2. The number of ketones is 2. The first kappa shape index (κ1) is 32.0. The van der Waals surface area contributed by atoms with Gasteiger partial charge in [0.25, 0.3) is 5.91 Å². The van der Waals surface area contributed by atoms with Crippen molar-refractivity contribution in [2.24, 2.45) is 17.6 Å². The molecule has 9 nitrogen and oxygen atoms in total. The molecule has 5 N–H and O–H groups in total. The van der Waals surface area contributed by atoms with E-state index in [2.05, 4.69) is 0 Å². The van der Waals surface area contributed by atoms with Gasteiger partial charge in [-0.05, 0) is 73.3 Å². The van der Waals surface area contributed by atoms with Gasteiger partial charge >= 0.3 is 6.18 Å². The predicted molar refractivity (Wildman–Crippen MR) is 163 cm³/mol. The minimum absolute atomic E-state index is 0.0395. The normalized spacial score (nSPS) is 24.2. The Morgan fingerprint density at radius 3 is 2.26 bits per heavy atom. The highest BCUT2D eigenvalue weighted by Gasteiger charge is 2.65. The van der Waals surface area contributed by atoms with Crippen LogP contribution in [-0.4, -0.2) is 63.4 Å². The topological polar surface area (TPSA) is 150 Å². The van der Waals surface area contributed by atoms with Gasteiger partial charge in [-0.15, -0.1) is 0 Å². The number of nitrogens with zero attached hydrogens (tertiary/aromatic N) is 1. The zero-order valence-corrected chi connectivity index (χ0v) is 25.3. The van der Waals surface area contributed by atoms with E-state index in [-0.39, 0.29) is 36.3 Å². The smallest absolute Gasteiger partial charge is 0.416 e. The van der Waals surface area contributed by atoms with Crippen LogP contribution in [0.1, 0.15) is 28.7 Å². The van der Waals surface area contributed by atoms with Gasteiger partial charge in [0.1, 0.15) is 29.4 Å². The molecule has 244 valence electrons. The molecule has 0 radical (unpaired) electrons. The molecule has 3 aliphatic carbocycles. The van der Waals surface area contributed by atoms with Gasteiger partial charge in [-0.3, -0.25) is 19.3 Å². The van der Waals surface area contributed by atoms with Crippen LogP contribution in [0.2, 0.25) is 0 Å². The largest absolute Gasteiger partial charge is 0.507 e. The highest BCUT2D eigenvalue weighted by Crippen LogP contribution is 2.53. The summed E-state index contributed by atoms with van der Waals surface area (Å²) in [5.41, 5.74) is 2.85. The molecule has 0 bridgehead atoms. The van der Waals surface area contributed by atoms with E-state index >= 15 is 0 Å².